The van der Waals surface area contributed by atoms with Gasteiger partial charge in [-0.2, -0.15) is 0 Å². The van der Waals surface area contributed by atoms with Crippen molar-refractivity contribution in [2.24, 2.45) is 0 Å². The van der Waals surface area contributed by atoms with E-state index in [1.807, 2.05) is 0 Å². The van der Waals surface area contributed by atoms with E-state index in [1.165, 1.54) is 0 Å². The van der Waals surface area contributed by atoms with Gasteiger partial charge in [-0.05, 0) is 19.1 Å². The van der Waals surface area contributed by atoms with Crippen molar-refractivity contribution in [2.75, 3.05) is 0 Å². The van der Waals surface area contributed by atoms with Gasteiger partial charge in [-0.3, -0.25) is 0 Å². The molecule has 3 nitrogen and oxygen atoms in total. The molecule has 1 atom stereocenters. The lowest BCUT2D eigenvalue weighted by atomic mass is 10.4. The van der Waals surface area contributed by atoms with Crippen LogP contribution in [0.15, 0.2) is 0 Å². The summed E-state index contributed by atoms with van der Waals surface area (Å²) in [4.78, 5) is 10.4. The molecule has 4 heteroatoms. The molecule has 0 amide bonds. The normalized spacial score (nSPS) is 27.4. The van der Waals surface area contributed by atoms with Crippen molar-refractivity contribution in [3.8, 4) is 0 Å². The number of rotatable bonds is 0. The van der Waals surface area contributed by atoms with Crippen molar-refractivity contribution >= 4 is 23.4 Å². The molecule has 1 N–H and O–H groups in total. The quantitative estimate of drug-likeness (QED) is 0.365. The van der Waals surface area contributed by atoms with Gasteiger partial charge in [0.15, 0.2) is 0 Å². The summed E-state index contributed by atoms with van der Waals surface area (Å²) in [7, 11) is 0. The number of ether oxygens (including phenoxy) is 1. The highest BCUT2D eigenvalue weighted by atomic mass is 32.1. The van der Waals surface area contributed by atoms with Gasteiger partial charge in [0.1, 0.15) is 6.04 Å². The molecule has 0 aromatic rings. The molecule has 0 aromatic carbocycles. The molecule has 0 bridgehead atoms. The van der Waals surface area contributed by atoms with E-state index in [0.29, 0.717) is 0 Å². The Kier molecular flexibility index (Phi) is 1.17. The monoisotopic (exact) mass is 131 g/mol. The maximum atomic E-state index is 10.4. The Morgan fingerprint density at radius 2 is 2.50 bits per heavy atom. The average Bonchev–Trinajstić information content (AvgIpc) is 1.85. The SMILES string of the molecule is C[C@@H]1NC(=S)OC1=O. The summed E-state index contributed by atoms with van der Waals surface area (Å²) in [5.74, 6) is -0.296. The second-order valence-corrected chi connectivity index (χ2v) is 1.95. The van der Waals surface area contributed by atoms with E-state index in [4.69, 9.17) is 0 Å². The van der Waals surface area contributed by atoms with E-state index in [-0.39, 0.29) is 17.2 Å². The number of thiocarbonyl (C=S) groups is 1. The molecule has 0 radical (unpaired) electrons. The van der Waals surface area contributed by atoms with Crippen LogP contribution in [-0.4, -0.2) is 17.2 Å². The number of esters is 1. The van der Waals surface area contributed by atoms with Gasteiger partial charge >= 0.3 is 5.97 Å². The van der Waals surface area contributed by atoms with Crippen LogP contribution in [0.3, 0.4) is 0 Å². The van der Waals surface area contributed by atoms with Crippen LogP contribution >= 0.6 is 12.2 Å². The van der Waals surface area contributed by atoms with Crippen molar-refractivity contribution in [3.05, 3.63) is 0 Å². The highest BCUT2D eigenvalue weighted by molar-refractivity contribution is 7.80. The smallest absolute Gasteiger partial charge is 0.335 e. The number of hydrogen-bond donors (Lipinski definition) is 1. The fourth-order valence-corrected chi connectivity index (χ4v) is 0.704. The summed E-state index contributed by atoms with van der Waals surface area (Å²) < 4.78 is 4.45. The third-order valence-corrected chi connectivity index (χ3v) is 1.08. The Morgan fingerprint density at radius 3 is 2.62 bits per heavy atom. The van der Waals surface area contributed by atoms with Gasteiger partial charge in [-0.15, -0.1) is 0 Å². The van der Waals surface area contributed by atoms with Crippen molar-refractivity contribution in [1.82, 2.24) is 5.32 Å². The van der Waals surface area contributed by atoms with Crippen LogP contribution in [0.25, 0.3) is 0 Å². The molecule has 0 aliphatic carbocycles. The fraction of sp³-hybridized carbons (Fsp3) is 0.500. The van der Waals surface area contributed by atoms with Gasteiger partial charge in [0.2, 0.25) is 0 Å². The zero-order valence-electron chi connectivity index (χ0n) is 4.30. The van der Waals surface area contributed by atoms with Crippen molar-refractivity contribution in [2.45, 2.75) is 13.0 Å². The maximum Gasteiger partial charge on any atom is 0.335 e. The van der Waals surface area contributed by atoms with Crippen LogP contribution in [0, 0.1) is 0 Å². The van der Waals surface area contributed by atoms with Crippen molar-refractivity contribution in [1.29, 1.82) is 0 Å². The molecule has 1 aliphatic heterocycles. The Labute approximate surface area is 52.0 Å². The van der Waals surface area contributed by atoms with Crippen molar-refractivity contribution in [3.63, 3.8) is 0 Å². The minimum atomic E-state index is -0.296. The third-order valence-electron chi connectivity index (χ3n) is 0.881. The number of cyclic esters (lactones) is 1. The van der Waals surface area contributed by atoms with E-state index < -0.39 is 0 Å². The van der Waals surface area contributed by atoms with E-state index in [1.54, 1.807) is 6.92 Å². The van der Waals surface area contributed by atoms with Crippen LogP contribution in [0.1, 0.15) is 6.92 Å². The molecule has 1 aliphatic rings. The summed E-state index contributed by atoms with van der Waals surface area (Å²) in [6, 6.07) is -0.262. The lowest BCUT2D eigenvalue weighted by Crippen LogP contribution is -2.24. The predicted octanol–water partition coefficient (Wildman–Crippen LogP) is -0.194. The predicted molar refractivity (Wildman–Crippen MR) is 31.3 cm³/mol. The molecule has 1 heterocycles. The molecule has 1 saturated heterocycles. The Morgan fingerprint density at radius 1 is 1.88 bits per heavy atom. The molecule has 0 unspecified atom stereocenters. The number of hydrogen-bond acceptors (Lipinski definition) is 3. The first-order chi connectivity index (χ1) is 3.70. The third kappa shape index (κ3) is 0.790. The first-order valence-electron chi connectivity index (χ1n) is 2.22. The van der Waals surface area contributed by atoms with Gasteiger partial charge in [0.05, 0.1) is 0 Å². The Hall–Kier alpha value is -0.640. The minimum Gasteiger partial charge on any atom is -0.398 e. The molecule has 8 heavy (non-hydrogen) atoms. The fourth-order valence-electron chi connectivity index (χ4n) is 0.445. The first-order valence-corrected chi connectivity index (χ1v) is 2.63. The summed E-state index contributed by atoms with van der Waals surface area (Å²) >= 11 is 4.52. The molecule has 44 valence electrons. The standard InChI is InChI=1S/C4H5NO2S/c1-2-3(6)7-4(8)5-2/h2H,1H3,(H,5,8)/t2-/m0/s1. The summed E-state index contributed by atoms with van der Waals surface area (Å²) in [5.41, 5.74) is 0. The molecular formula is C4H5NO2S. The van der Waals surface area contributed by atoms with Crippen LogP contribution in [0.2, 0.25) is 0 Å². The summed E-state index contributed by atoms with van der Waals surface area (Å²) in [6.45, 7) is 1.70. The molecule has 1 rings (SSSR count). The molecule has 0 spiro atoms. The lowest BCUT2D eigenvalue weighted by molar-refractivity contribution is -0.134. The first kappa shape index (κ1) is 5.50. The van der Waals surface area contributed by atoms with Crippen LogP contribution < -0.4 is 5.32 Å². The van der Waals surface area contributed by atoms with Crippen molar-refractivity contribution < 1.29 is 9.53 Å². The van der Waals surface area contributed by atoms with Gasteiger partial charge in [0.25, 0.3) is 5.17 Å². The minimum absolute atomic E-state index is 0.183. The molecule has 0 aromatic heterocycles. The Bertz CT molecular complexity index is 145. The second kappa shape index (κ2) is 1.70. The zero-order valence-corrected chi connectivity index (χ0v) is 5.12. The second-order valence-electron chi connectivity index (χ2n) is 1.57. The lowest BCUT2D eigenvalue weighted by Gasteiger charge is -1.90. The zero-order chi connectivity index (χ0) is 6.15. The average molecular weight is 131 g/mol. The Balaban J connectivity index is 2.64. The number of carbonyl (C=O) groups excluding carboxylic acids is 1. The summed E-state index contributed by atoms with van der Waals surface area (Å²) in [5, 5.41) is 2.81. The molecule has 0 saturated carbocycles. The maximum absolute atomic E-state index is 10.4. The van der Waals surface area contributed by atoms with Gasteiger partial charge in [-0.1, -0.05) is 0 Å². The highest BCUT2D eigenvalue weighted by Gasteiger charge is 2.24. The van der Waals surface area contributed by atoms with Crippen LogP contribution in [0.5, 0.6) is 0 Å². The molecular weight excluding hydrogens is 126 g/mol. The van der Waals surface area contributed by atoms with Crippen LogP contribution in [-0.2, 0) is 9.53 Å². The largest absolute Gasteiger partial charge is 0.398 e. The van der Waals surface area contributed by atoms with Gasteiger partial charge < -0.3 is 10.1 Å². The molecule has 1 fully saturated rings. The van der Waals surface area contributed by atoms with E-state index >= 15 is 0 Å². The van der Waals surface area contributed by atoms with Crippen LogP contribution in [0.4, 0.5) is 0 Å². The highest BCUT2D eigenvalue weighted by Crippen LogP contribution is 1.97. The van der Waals surface area contributed by atoms with Gasteiger partial charge in [-0.25, -0.2) is 4.79 Å². The van der Waals surface area contributed by atoms with E-state index in [9.17, 15) is 4.79 Å². The number of carbonyl (C=O) groups is 1. The van der Waals surface area contributed by atoms with E-state index in [2.05, 4.69) is 22.3 Å². The topological polar surface area (TPSA) is 38.3 Å². The van der Waals surface area contributed by atoms with Gasteiger partial charge in [0, 0.05) is 0 Å². The summed E-state index contributed by atoms with van der Waals surface area (Å²) in [6.07, 6.45) is 0. The number of nitrogens with one attached hydrogen (secondary N) is 1. The van der Waals surface area contributed by atoms with E-state index in [0.717, 1.165) is 0 Å².